The first kappa shape index (κ1) is 18.5. The molecule has 0 unspecified atom stereocenters. The minimum Gasteiger partial charge on any atom is -0.378 e. The molecule has 0 aromatic heterocycles. The highest BCUT2D eigenvalue weighted by Crippen LogP contribution is 2.17. The molecule has 1 saturated heterocycles. The maximum Gasteiger partial charge on any atom is 0.251 e. The van der Waals surface area contributed by atoms with Crippen molar-refractivity contribution in [1.82, 2.24) is 10.2 Å². The summed E-state index contributed by atoms with van der Waals surface area (Å²) in [5.41, 5.74) is 0.417. The number of hydrogen-bond acceptors (Lipinski definition) is 3. The number of carbonyl (C=O) groups excluding carboxylic acids is 1. The van der Waals surface area contributed by atoms with Crippen LogP contribution in [0, 0.1) is 17.8 Å². The number of rotatable bonds is 4. The van der Waals surface area contributed by atoms with Crippen LogP contribution >= 0.6 is 0 Å². The monoisotopic (exact) mass is 328 g/mol. The van der Waals surface area contributed by atoms with Gasteiger partial charge in [-0.3, -0.25) is 4.79 Å². The lowest BCUT2D eigenvalue weighted by atomic mass is 10.1. The highest BCUT2D eigenvalue weighted by Gasteiger charge is 2.24. The number of nitrogens with zero attached hydrogens (tertiary/aromatic N) is 1. The van der Waals surface area contributed by atoms with Gasteiger partial charge in [-0.25, -0.2) is 0 Å². The van der Waals surface area contributed by atoms with E-state index in [0.29, 0.717) is 17.5 Å². The second kappa shape index (κ2) is 7.83. The third kappa shape index (κ3) is 5.67. The molecule has 1 amide bonds. The van der Waals surface area contributed by atoms with Gasteiger partial charge in [0, 0.05) is 30.3 Å². The highest BCUT2D eigenvalue weighted by molar-refractivity contribution is 5.94. The Morgan fingerprint density at radius 3 is 2.58 bits per heavy atom. The van der Waals surface area contributed by atoms with Crippen molar-refractivity contribution in [3.8, 4) is 11.8 Å². The number of hydrogen-bond donors (Lipinski definition) is 2. The molecule has 0 aliphatic carbocycles. The number of carbonyl (C=O) groups is 1. The standard InChI is InChI=1S/C20H28N2O2/c1-15(2)22-12-10-17(14-22)13-21-19(23)18-7-5-16(6-8-18)9-11-20(3,4)24/h5-8,15,17,24H,10,12-14H2,1-4H3,(H,21,23)/t17-/m1/s1. The molecule has 4 nitrogen and oxygen atoms in total. The van der Waals surface area contributed by atoms with E-state index in [1.165, 1.54) is 0 Å². The van der Waals surface area contributed by atoms with E-state index in [2.05, 4.69) is 35.9 Å². The summed E-state index contributed by atoms with van der Waals surface area (Å²) in [5, 5.41) is 12.6. The van der Waals surface area contributed by atoms with Crippen molar-refractivity contribution in [2.75, 3.05) is 19.6 Å². The average Bonchev–Trinajstić information content (AvgIpc) is 2.99. The Morgan fingerprint density at radius 2 is 2.04 bits per heavy atom. The van der Waals surface area contributed by atoms with Crippen molar-refractivity contribution < 1.29 is 9.90 Å². The molecule has 1 aromatic rings. The molecule has 2 rings (SSSR count). The number of amides is 1. The molecular weight excluding hydrogens is 300 g/mol. The van der Waals surface area contributed by atoms with Crippen LogP contribution in [0.2, 0.25) is 0 Å². The van der Waals surface area contributed by atoms with E-state index in [1.807, 2.05) is 12.1 Å². The summed E-state index contributed by atoms with van der Waals surface area (Å²) < 4.78 is 0. The summed E-state index contributed by atoms with van der Waals surface area (Å²) in [4.78, 5) is 14.7. The second-order valence-electron chi connectivity index (χ2n) is 7.34. The van der Waals surface area contributed by atoms with E-state index < -0.39 is 5.60 Å². The van der Waals surface area contributed by atoms with Crippen LogP contribution in [0.15, 0.2) is 24.3 Å². The molecule has 0 radical (unpaired) electrons. The minimum absolute atomic E-state index is 0.0417. The van der Waals surface area contributed by atoms with Crippen molar-refractivity contribution in [3.05, 3.63) is 35.4 Å². The van der Waals surface area contributed by atoms with Gasteiger partial charge in [-0.2, -0.15) is 0 Å². The van der Waals surface area contributed by atoms with Gasteiger partial charge in [0.25, 0.3) is 5.91 Å². The minimum atomic E-state index is -1.01. The van der Waals surface area contributed by atoms with Gasteiger partial charge in [-0.15, -0.1) is 0 Å². The molecule has 0 bridgehead atoms. The predicted molar refractivity (Wildman–Crippen MR) is 96.8 cm³/mol. The Balaban J connectivity index is 1.86. The highest BCUT2D eigenvalue weighted by atomic mass is 16.3. The zero-order valence-electron chi connectivity index (χ0n) is 15.1. The SMILES string of the molecule is CC(C)N1CC[C@H](CNC(=O)c2ccc(C#CC(C)(C)O)cc2)C1. The lowest BCUT2D eigenvalue weighted by molar-refractivity contribution is 0.0947. The van der Waals surface area contributed by atoms with Crippen molar-refractivity contribution >= 4 is 5.91 Å². The molecule has 0 saturated carbocycles. The van der Waals surface area contributed by atoms with Crippen LogP contribution in [-0.2, 0) is 0 Å². The van der Waals surface area contributed by atoms with Gasteiger partial charge in [0.1, 0.15) is 5.60 Å². The first-order chi connectivity index (χ1) is 11.2. The van der Waals surface area contributed by atoms with E-state index in [1.54, 1.807) is 26.0 Å². The van der Waals surface area contributed by atoms with E-state index >= 15 is 0 Å². The topological polar surface area (TPSA) is 52.6 Å². The molecule has 1 atom stereocenters. The molecule has 1 aromatic carbocycles. The fourth-order valence-corrected chi connectivity index (χ4v) is 2.77. The van der Waals surface area contributed by atoms with Crippen molar-refractivity contribution in [2.45, 2.75) is 45.8 Å². The fourth-order valence-electron chi connectivity index (χ4n) is 2.77. The Kier molecular flexibility index (Phi) is 6.04. The summed E-state index contributed by atoms with van der Waals surface area (Å²) in [5.74, 6) is 6.16. The molecule has 1 fully saturated rings. The summed E-state index contributed by atoms with van der Waals surface area (Å²) in [6, 6.07) is 7.74. The molecule has 2 N–H and O–H groups in total. The van der Waals surface area contributed by atoms with Crippen LogP contribution in [0.5, 0.6) is 0 Å². The first-order valence-corrected chi connectivity index (χ1v) is 8.62. The fraction of sp³-hybridized carbons (Fsp3) is 0.550. The van der Waals surface area contributed by atoms with Crippen LogP contribution in [0.25, 0.3) is 0 Å². The zero-order chi connectivity index (χ0) is 17.7. The van der Waals surface area contributed by atoms with Crippen molar-refractivity contribution in [1.29, 1.82) is 0 Å². The number of likely N-dealkylation sites (tertiary alicyclic amines) is 1. The van der Waals surface area contributed by atoms with Gasteiger partial charge in [-0.05, 0) is 70.8 Å². The second-order valence-corrected chi connectivity index (χ2v) is 7.34. The van der Waals surface area contributed by atoms with Gasteiger partial charge in [0.05, 0.1) is 0 Å². The molecule has 1 aliphatic rings. The number of aliphatic hydroxyl groups is 1. The normalized spacial score (nSPS) is 18.3. The van der Waals surface area contributed by atoms with Crippen molar-refractivity contribution in [2.24, 2.45) is 5.92 Å². The third-order valence-corrected chi connectivity index (χ3v) is 4.26. The smallest absolute Gasteiger partial charge is 0.251 e. The molecule has 24 heavy (non-hydrogen) atoms. The van der Waals surface area contributed by atoms with Gasteiger partial charge in [0.15, 0.2) is 0 Å². The number of nitrogens with one attached hydrogen (secondary N) is 1. The Labute approximate surface area is 145 Å². The maximum atomic E-state index is 12.2. The van der Waals surface area contributed by atoms with E-state index in [9.17, 15) is 9.90 Å². The lowest BCUT2D eigenvalue weighted by Crippen LogP contribution is -2.32. The van der Waals surface area contributed by atoms with Crippen molar-refractivity contribution in [3.63, 3.8) is 0 Å². The molecular formula is C20H28N2O2. The van der Waals surface area contributed by atoms with Gasteiger partial charge >= 0.3 is 0 Å². The van der Waals surface area contributed by atoms with Crippen LogP contribution in [-0.4, -0.2) is 47.2 Å². The van der Waals surface area contributed by atoms with Gasteiger partial charge < -0.3 is 15.3 Å². The summed E-state index contributed by atoms with van der Waals surface area (Å²) in [7, 11) is 0. The van der Waals surface area contributed by atoms with E-state index in [-0.39, 0.29) is 5.91 Å². The van der Waals surface area contributed by atoms with Crippen LogP contribution in [0.3, 0.4) is 0 Å². The van der Waals surface area contributed by atoms with Crippen LogP contribution < -0.4 is 5.32 Å². The third-order valence-electron chi connectivity index (χ3n) is 4.26. The molecule has 0 spiro atoms. The molecule has 4 heteroatoms. The Bertz CT molecular complexity index is 618. The predicted octanol–water partition coefficient (Wildman–Crippen LogP) is 2.27. The van der Waals surface area contributed by atoms with E-state index in [4.69, 9.17) is 0 Å². The van der Waals surface area contributed by atoms with E-state index in [0.717, 1.165) is 31.6 Å². The van der Waals surface area contributed by atoms with Crippen LogP contribution in [0.1, 0.15) is 50.0 Å². The molecule has 1 aliphatic heterocycles. The molecule has 1 heterocycles. The van der Waals surface area contributed by atoms with Crippen LogP contribution in [0.4, 0.5) is 0 Å². The quantitative estimate of drug-likeness (QED) is 0.834. The average molecular weight is 328 g/mol. The summed E-state index contributed by atoms with van der Waals surface area (Å²) in [6.07, 6.45) is 1.14. The van der Waals surface area contributed by atoms with Gasteiger partial charge in [-0.1, -0.05) is 11.8 Å². The summed E-state index contributed by atoms with van der Waals surface area (Å²) in [6.45, 7) is 10.6. The Morgan fingerprint density at radius 1 is 1.38 bits per heavy atom. The maximum absolute atomic E-state index is 12.2. The summed E-state index contributed by atoms with van der Waals surface area (Å²) >= 11 is 0. The Hall–Kier alpha value is -1.83. The lowest BCUT2D eigenvalue weighted by Gasteiger charge is -2.20. The largest absolute Gasteiger partial charge is 0.378 e. The molecule has 130 valence electrons. The first-order valence-electron chi connectivity index (χ1n) is 8.62. The van der Waals surface area contributed by atoms with Gasteiger partial charge in [0.2, 0.25) is 0 Å². The number of benzene rings is 1. The zero-order valence-corrected chi connectivity index (χ0v) is 15.1.